The first kappa shape index (κ1) is 8.74. The predicted molar refractivity (Wildman–Crippen MR) is 60.0 cm³/mol. The van der Waals surface area contributed by atoms with Crippen LogP contribution in [0.5, 0.6) is 0 Å². The third-order valence-corrected chi connectivity index (χ3v) is 2.71. The van der Waals surface area contributed by atoms with E-state index in [9.17, 15) is 0 Å². The van der Waals surface area contributed by atoms with Crippen molar-refractivity contribution in [1.82, 2.24) is 14.6 Å². The van der Waals surface area contributed by atoms with Gasteiger partial charge in [-0.3, -0.25) is 0 Å². The van der Waals surface area contributed by atoms with E-state index in [-0.39, 0.29) is 0 Å². The summed E-state index contributed by atoms with van der Waals surface area (Å²) in [6.45, 7) is 0. The quantitative estimate of drug-likeness (QED) is 0.744. The van der Waals surface area contributed by atoms with E-state index in [1.54, 1.807) is 10.7 Å². The number of aromatic nitrogens is 3. The van der Waals surface area contributed by atoms with Crippen LogP contribution in [0.2, 0.25) is 0 Å². The third kappa shape index (κ3) is 1.37. The van der Waals surface area contributed by atoms with Gasteiger partial charge in [-0.2, -0.15) is 0 Å². The molecule has 2 heterocycles. The molecule has 2 rings (SSSR count). The molecule has 0 N–H and O–H groups in total. The summed E-state index contributed by atoms with van der Waals surface area (Å²) in [6, 6.07) is 1.87. The Morgan fingerprint density at radius 2 is 2.23 bits per heavy atom. The van der Waals surface area contributed by atoms with E-state index < -0.39 is 0 Å². The Kier molecular flexibility index (Phi) is 2.10. The molecule has 0 aliphatic carbocycles. The van der Waals surface area contributed by atoms with E-state index in [0.717, 1.165) is 15.0 Å². The molecule has 2 aromatic heterocycles. The van der Waals surface area contributed by atoms with Gasteiger partial charge in [0, 0.05) is 26.5 Å². The molecule has 0 bridgehead atoms. The van der Waals surface area contributed by atoms with Crippen molar-refractivity contribution in [3.63, 3.8) is 0 Å². The van der Waals surface area contributed by atoms with E-state index >= 15 is 0 Å². The van der Waals surface area contributed by atoms with Gasteiger partial charge >= 0.3 is 0 Å². The molecule has 68 valence electrons. The average molecular weight is 288 g/mol. The molecule has 13 heavy (non-hydrogen) atoms. The summed E-state index contributed by atoms with van der Waals surface area (Å²) in [4.78, 5) is 6.23. The van der Waals surface area contributed by atoms with Gasteiger partial charge in [0.25, 0.3) is 0 Å². The number of halogens is 1. The van der Waals surface area contributed by atoms with Gasteiger partial charge in [-0.1, -0.05) is 0 Å². The Morgan fingerprint density at radius 1 is 1.46 bits per heavy atom. The molecular weight excluding hydrogens is 279 g/mol. The third-order valence-electron chi connectivity index (χ3n) is 1.75. The van der Waals surface area contributed by atoms with Crippen molar-refractivity contribution in [2.45, 2.75) is 0 Å². The van der Waals surface area contributed by atoms with E-state index in [2.05, 4.69) is 32.7 Å². The molecule has 0 atom stereocenters. The summed E-state index contributed by atoms with van der Waals surface area (Å²) in [7, 11) is 3.95. The SMILES string of the molecule is CN(C)c1nn2cccnc2c1I. The van der Waals surface area contributed by atoms with Crippen LogP contribution >= 0.6 is 22.6 Å². The van der Waals surface area contributed by atoms with E-state index in [1.807, 2.05) is 31.3 Å². The lowest BCUT2D eigenvalue weighted by Crippen LogP contribution is -2.10. The monoisotopic (exact) mass is 288 g/mol. The first-order valence-electron chi connectivity index (χ1n) is 3.86. The lowest BCUT2D eigenvalue weighted by molar-refractivity contribution is 0.915. The van der Waals surface area contributed by atoms with Gasteiger partial charge in [0.05, 0.1) is 0 Å². The summed E-state index contributed by atoms with van der Waals surface area (Å²) in [6.07, 6.45) is 3.68. The van der Waals surface area contributed by atoms with Crippen LogP contribution in [0.15, 0.2) is 18.5 Å². The Balaban J connectivity index is 2.74. The average Bonchev–Trinajstić information content (AvgIpc) is 2.45. The standard InChI is InChI=1S/C8H9IN4/c1-12(2)8-6(9)7-10-4-3-5-13(7)11-8/h3-5H,1-2H3. The molecule has 0 spiro atoms. The Bertz CT molecular complexity index is 435. The predicted octanol–water partition coefficient (Wildman–Crippen LogP) is 1.40. The summed E-state index contributed by atoms with van der Waals surface area (Å²) in [5.41, 5.74) is 0.909. The number of hydrogen-bond donors (Lipinski definition) is 0. The largest absolute Gasteiger partial charge is 0.360 e. The molecule has 0 unspecified atom stereocenters. The highest BCUT2D eigenvalue weighted by molar-refractivity contribution is 14.1. The van der Waals surface area contributed by atoms with Gasteiger partial charge in [0.15, 0.2) is 11.5 Å². The zero-order valence-electron chi connectivity index (χ0n) is 7.40. The summed E-state index contributed by atoms with van der Waals surface area (Å²) < 4.78 is 2.88. The lowest BCUT2D eigenvalue weighted by Gasteiger charge is -2.06. The van der Waals surface area contributed by atoms with E-state index in [4.69, 9.17) is 0 Å². The normalized spacial score (nSPS) is 10.7. The van der Waals surface area contributed by atoms with Gasteiger partial charge in [-0.15, -0.1) is 5.10 Å². The van der Waals surface area contributed by atoms with Crippen molar-refractivity contribution in [2.75, 3.05) is 19.0 Å². The number of nitrogens with zero attached hydrogens (tertiary/aromatic N) is 4. The molecule has 5 heteroatoms. The van der Waals surface area contributed by atoms with Gasteiger partial charge < -0.3 is 4.90 Å². The van der Waals surface area contributed by atoms with Gasteiger partial charge in [-0.05, 0) is 28.7 Å². The Labute approximate surface area is 89.7 Å². The molecule has 0 fully saturated rings. The van der Waals surface area contributed by atoms with Gasteiger partial charge in [0.1, 0.15) is 3.57 Å². The maximum atomic E-state index is 4.38. The van der Waals surface area contributed by atoms with Crippen LogP contribution in [0.3, 0.4) is 0 Å². The van der Waals surface area contributed by atoms with Crippen LogP contribution in [0.1, 0.15) is 0 Å². The summed E-state index contributed by atoms with van der Waals surface area (Å²) in [5, 5.41) is 4.38. The smallest absolute Gasteiger partial charge is 0.170 e. The van der Waals surface area contributed by atoms with Crippen LogP contribution in [0, 0.1) is 3.57 Å². The number of hydrogen-bond acceptors (Lipinski definition) is 3. The molecule has 0 aliphatic heterocycles. The van der Waals surface area contributed by atoms with Crippen molar-refractivity contribution in [1.29, 1.82) is 0 Å². The Morgan fingerprint density at radius 3 is 2.85 bits per heavy atom. The molecule has 2 aromatic rings. The molecule has 0 saturated heterocycles. The van der Waals surface area contributed by atoms with Crippen molar-refractivity contribution < 1.29 is 0 Å². The van der Waals surface area contributed by atoms with Crippen molar-refractivity contribution in [3.8, 4) is 0 Å². The minimum Gasteiger partial charge on any atom is -0.360 e. The van der Waals surface area contributed by atoms with Crippen LogP contribution in [-0.4, -0.2) is 28.7 Å². The number of fused-ring (bicyclic) bond motifs is 1. The fourth-order valence-electron chi connectivity index (χ4n) is 1.13. The summed E-state index contributed by atoms with van der Waals surface area (Å²) >= 11 is 2.26. The topological polar surface area (TPSA) is 33.4 Å². The van der Waals surface area contributed by atoms with Crippen LogP contribution in [0.25, 0.3) is 5.65 Å². The maximum Gasteiger partial charge on any atom is 0.170 e. The van der Waals surface area contributed by atoms with Crippen LogP contribution in [-0.2, 0) is 0 Å². The number of rotatable bonds is 1. The van der Waals surface area contributed by atoms with E-state index in [0.29, 0.717) is 0 Å². The van der Waals surface area contributed by atoms with Crippen LogP contribution < -0.4 is 4.90 Å². The maximum absolute atomic E-state index is 4.38. The zero-order valence-corrected chi connectivity index (χ0v) is 9.56. The lowest BCUT2D eigenvalue weighted by atomic mass is 10.5. The minimum absolute atomic E-state index is 0.909. The molecular formula is C8H9IN4. The summed E-state index contributed by atoms with van der Waals surface area (Å²) in [5.74, 6) is 0.958. The fourth-order valence-corrected chi connectivity index (χ4v) is 2.11. The molecule has 0 aromatic carbocycles. The van der Waals surface area contributed by atoms with Crippen molar-refractivity contribution in [2.24, 2.45) is 0 Å². The molecule has 0 radical (unpaired) electrons. The first-order valence-corrected chi connectivity index (χ1v) is 4.94. The van der Waals surface area contributed by atoms with E-state index in [1.165, 1.54) is 0 Å². The minimum atomic E-state index is 0.909. The second kappa shape index (κ2) is 3.13. The first-order chi connectivity index (χ1) is 6.20. The van der Waals surface area contributed by atoms with Crippen LogP contribution in [0.4, 0.5) is 5.82 Å². The second-order valence-electron chi connectivity index (χ2n) is 2.92. The molecule has 0 amide bonds. The Hall–Kier alpha value is -0.850. The fraction of sp³-hybridized carbons (Fsp3) is 0.250. The second-order valence-corrected chi connectivity index (χ2v) is 4.00. The highest BCUT2D eigenvalue weighted by Gasteiger charge is 2.11. The van der Waals surface area contributed by atoms with Gasteiger partial charge in [-0.25, -0.2) is 9.50 Å². The molecule has 0 aliphatic rings. The van der Waals surface area contributed by atoms with Crippen molar-refractivity contribution >= 4 is 34.1 Å². The highest BCUT2D eigenvalue weighted by atomic mass is 127. The van der Waals surface area contributed by atoms with Crippen molar-refractivity contribution in [3.05, 3.63) is 22.0 Å². The number of anilines is 1. The zero-order chi connectivity index (χ0) is 9.42. The molecule has 0 saturated carbocycles. The van der Waals surface area contributed by atoms with Gasteiger partial charge in [0.2, 0.25) is 0 Å². The molecule has 4 nitrogen and oxygen atoms in total. The highest BCUT2D eigenvalue weighted by Crippen LogP contribution is 2.22.